The molecular weight excluding hydrogens is 242 g/mol. The van der Waals surface area contributed by atoms with Gasteiger partial charge in [0.1, 0.15) is 0 Å². The highest BCUT2D eigenvalue weighted by molar-refractivity contribution is 5.11. The first kappa shape index (κ1) is 12.3. The standard InChI is InChI=1S/C13H19N5O/c1-18-8-9(7-15-18)5-12-16-13(19-17-12)10-3-2-4-11(14)6-10/h7-8,10-11H,2-6,14H2,1H3/t10-,11+/m1/s1. The molecule has 19 heavy (non-hydrogen) atoms. The van der Waals surface area contributed by atoms with Gasteiger partial charge in [-0.15, -0.1) is 0 Å². The van der Waals surface area contributed by atoms with Gasteiger partial charge in [-0.3, -0.25) is 4.68 Å². The molecule has 0 saturated heterocycles. The summed E-state index contributed by atoms with van der Waals surface area (Å²) in [5, 5.41) is 8.19. The van der Waals surface area contributed by atoms with Gasteiger partial charge in [0.05, 0.1) is 6.20 Å². The molecule has 1 aliphatic carbocycles. The molecule has 0 spiro atoms. The lowest BCUT2D eigenvalue weighted by Gasteiger charge is -2.23. The van der Waals surface area contributed by atoms with Crippen LogP contribution in [0.1, 0.15) is 48.9 Å². The Hall–Kier alpha value is -1.69. The van der Waals surface area contributed by atoms with Crippen molar-refractivity contribution in [3.05, 3.63) is 29.7 Å². The van der Waals surface area contributed by atoms with E-state index in [9.17, 15) is 0 Å². The second kappa shape index (κ2) is 5.13. The van der Waals surface area contributed by atoms with Gasteiger partial charge in [0, 0.05) is 31.6 Å². The largest absolute Gasteiger partial charge is 0.339 e. The van der Waals surface area contributed by atoms with E-state index in [1.165, 1.54) is 0 Å². The third kappa shape index (κ3) is 2.84. The zero-order valence-electron chi connectivity index (χ0n) is 11.1. The molecule has 2 aromatic heterocycles. The minimum absolute atomic E-state index is 0.271. The summed E-state index contributed by atoms with van der Waals surface area (Å²) in [5.74, 6) is 1.80. The van der Waals surface area contributed by atoms with E-state index < -0.39 is 0 Å². The SMILES string of the molecule is Cn1cc(Cc2noc([C@@H]3CCC[C@H](N)C3)n2)cn1. The molecule has 0 bridgehead atoms. The fourth-order valence-corrected chi connectivity index (χ4v) is 2.70. The molecule has 2 atom stereocenters. The fraction of sp³-hybridized carbons (Fsp3) is 0.615. The number of rotatable bonds is 3. The zero-order valence-corrected chi connectivity index (χ0v) is 11.1. The summed E-state index contributed by atoms with van der Waals surface area (Å²) >= 11 is 0. The average Bonchev–Trinajstić information content (AvgIpc) is 2.99. The van der Waals surface area contributed by atoms with Crippen LogP contribution in [0, 0.1) is 0 Å². The highest BCUT2D eigenvalue weighted by Gasteiger charge is 2.25. The minimum atomic E-state index is 0.271. The van der Waals surface area contributed by atoms with E-state index in [2.05, 4.69) is 15.2 Å². The van der Waals surface area contributed by atoms with Gasteiger partial charge in [-0.05, 0) is 24.8 Å². The van der Waals surface area contributed by atoms with Crippen LogP contribution >= 0.6 is 0 Å². The second-order valence-corrected chi connectivity index (χ2v) is 5.37. The van der Waals surface area contributed by atoms with Crippen LogP contribution in [0.25, 0.3) is 0 Å². The Morgan fingerprint density at radius 3 is 3.11 bits per heavy atom. The van der Waals surface area contributed by atoms with Crippen LogP contribution in [-0.2, 0) is 13.5 Å². The smallest absolute Gasteiger partial charge is 0.229 e. The molecule has 6 nitrogen and oxygen atoms in total. The molecule has 1 saturated carbocycles. The highest BCUT2D eigenvalue weighted by Crippen LogP contribution is 2.31. The molecule has 6 heteroatoms. The van der Waals surface area contributed by atoms with E-state index in [0.29, 0.717) is 12.3 Å². The molecule has 2 heterocycles. The second-order valence-electron chi connectivity index (χ2n) is 5.37. The maximum absolute atomic E-state index is 5.99. The summed E-state index contributed by atoms with van der Waals surface area (Å²) in [6.45, 7) is 0. The first-order chi connectivity index (χ1) is 9.20. The van der Waals surface area contributed by atoms with Crippen molar-refractivity contribution in [3.8, 4) is 0 Å². The third-order valence-electron chi connectivity index (χ3n) is 3.67. The van der Waals surface area contributed by atoms with E-state index in [1.54, 1.807) is 4.68 Å². The molecule has 1 aliphatic rings. The number of aryl methyl sites for hydroxylation is 1. The average molecular weight is 261 g/mol. The summed E-state index contributed by atoms with van der Waals surface area (Å²) in [6.07, 6.45) is 8.76. The van der Waals surface area contributed by atoms with Gasteiger partial charge in [0.25, 0.3) is 0 Å². The Morgan fingerprint density at radius 1 is 1.47 bits per heavy atom. The fourth-order valence-electron chi connectivity index (χ4n) is 2.70. The predicted molar refractivity (Wildman–Crippen MR) is 69.5 cm³/mol. The van der Waals surface area contributed by atoms with Crippen LogP contribution in [0.15, 0.2) is 16.9 Å². The lowest BCUT2D eigenvalue weighted by atomic mass is 9.86. The summed E-state index contributed by atoms with van der Waals surface area (Å²) in [4.78, 5) is 4.50. The lowest BCUT2D eigenvalue weighted by molar-refractivity contribution is 0.297. The van der Waals surface area contributed by atoms with Crippen molar-refractivity contribution in [1.82, 2.24) is 19.9 Å². The van der Waals surface area contributed by atoms with Crippen LogP contribution in [0.2, 0.25) is 0 Å². The van der Waals surface area contributed by atoms with Crippen molar-refractivity contribution < 1.29 is 4.52 Å². The zero-order chi connectivity index (χ0) is 13.2. The highest BCUT2D eigenvalue weighted by atomic mass is 16.5. The van der Waals surface area contributed by atoms with E-state index >= 15 is 0 Å². The van der Waals surface area contributed by atoms with Gasteiger partial charge in [0.2, 0.25) is 5.89 Å². The van der Waals surface area contributed by atoms with Crippen molar-refractivity contribution in [2.45, 2.75) is 44.1 Å². The number of hydrogen-bond donors (Lipinski definition) is 1. The Morgan fingerprint density at radius 2 is 2.37 bits per heavy atom. The van der Waals surface area contributed by atoms with Gasteiger partial charge < -0.3 is 10.3 Å². The molecule has 2 aromatic rings. The van der Waals surface area contributed by atoms with Crippen LogP contribution in [0.5, 0.6) is 0 Å². The molecule has 102 valence electrons. The molecule has 0 aromatic carbocycles. The topological polar surface area (TPSA) is 82.8 Å². The third-order valence-corrected chi connectivity index (χ3v) is 3.67. The summed E-state index contributed by atoms with van der Waals surface area (Å²) < 4.78 is 7.16. The molecule has 2 N–H and O–H groups in total. The molecular formula is C13H19N5O. The predicted octanol–water partition coefficient (Wildman–Crippen LogP) is 1.38. The maximum Gasteiger partial charge on any atom is 0.229 e. The molecule has 1 fully saturated rings. The van der Waals surface area contributed by atoms with Gasteiger partial charge >= 0.3 is 0 Å². The monoisotopic (exact) mass is 261 g/mol. The Labute approximate surface area is 112 Å². The van der Waals surface area contributed by atoms with Gasteiger partial charge in [-0.1, -0.05) is 11.6 Å². The quantitative estimate of drug-likeness (QED) is 0.902. The van der Waals surface area contributed by atoms with Crippen molar-refractivity contribution >= 4 is 0 Å². The summed E-state index contributed by atoms with van der Waals surface area (Å²) in [6, 6.07) is 0.271. The molecule has 0 amide bonds. The first-order valence-corrected chi connectivity index (χ1v) is 6.76. The van der Waals surface area contributed by atoms with Gasteiger partial charge in [-0.2, -0.15) is 10.1 Å². The molecule has 0 radical (unpaired) electrons. The van der Waals surface area contributed by atoms with Crippen LogP contribution in [0.3, 0.4) is 0 Å². The minimum Gasteiger partial charge on any atom is -0.339 e. The van der Waals surface area contributed by atoms with Gasteiger partial charge in [0.15, 0.2) is 5.82 Å². The van der Waals surface area contributed by atoms with Crippen molar-refractivity contribution in [2.24, 2.45) is 12.8 Å². The van der Waals surface area contributed by atoms with Crippen LogP contribution < -0.4 is 5.73 Å². The van der Waals surface area contributed by atoms with E-state index in [0.717, 1.165) is 43.0 Å². The number of hydrogen-bond acceptors (Lipinski definition) is 5. The van der Waals surface area contributed by atoms with E-state index in [4.69, 9.17) is 10.3 Å². The van der Waals surface area contributed by atoms with Crippen molar-refractivity contribution in [2.75, 3.05) is 0 Å². The number of nitrogens with zero attached hydrogens (tertiary/aromatic N) is 4. The summed E-state index contributed by atoms with van der Waals surface area (Å²) in [5.41, 5.74) is 7.09. The number of aromatic nitrogens is 4. The van der Waals surface area contributed by atoms with Crippen molar-refractivity contribution in [3.63, 3.8) is 0 Å². The lowest BCUT2D eigenvalue weighted by Crippen LogP contribution is -2.26. The van der Waals surface area contributed by atoms with Crippen LogP contribution in [-0.4, -0.2) is 26.0 Å². The molecule has 0 unspecified atom stereocenters. The van der Waals surface area contributed by atoms with Gasteiger partial charge in [-0.25, -0.2) is 0 Å². The van der Waals surface area contributed by atoms with E-state index in [-0.39, 0.29) is 6.04 Å². The van der Waals surface area contributed by atoms with Crippen molar-refractivity contribution in [1.29, 1.82) is 0 Å². The Bertz CT molecular complexity index is 547. The van der Waals surface area contributed by atoms with Crippen LogP contribution in [0.4, 0.5) is 0 Å². The summed E-state index contributed by atoms with van der Waals surface area (Å²) in [7, 11) is 1.90. The molecule has 0 aliphatic heterocycles. The maximum atomic E-state index is 5.99. The normalized spacial score (nSPS) is 23.7. The first-order valence-electron chi connectivity index (χ1n) is 6.76. The molecule has 3 rings (SSSR count). The Balaban J connectivity index is 1.69. The Kier molecular flexibility index (Phi) is 3.33. The number of nitrogens with two attached hydrogens (primary N) is 1. The van der Waals surface area contributed by atoms with E-state index in [1.807, 2.05) is 19.4 Å².